The molecular weight excluding hydrogens is 312 g/mol. The zero-order valence-electron chi connectivity index (χ0n) is 13.3. The van der Waals surface area contributed by atoms with Crippen molar-refractivity contribution in [2.45, 2.75) is 37.8 Å². The first-order valence-corrected chi connectivity index (χ1v) is 9.45. The number of nitrogens with one attached hydrogen (secondary N) is 2. The summed E-state index contributed by atoms with van der Waals surface area (Å²) in [6.07, 6.45) is 4.44. The fourth-order valence-electron chi connectivity index (χ4n) is 2.82. The van der Waals surface area contributed by atoms with Crippen LogP contribution in [0.25, 0.3) is 0 Å². The second kappa shape index (κ2) is 8.45. The minimum absolute atomic E-state index is 0.141. The molecule has 1 atom stereocenters. The predicted octanol–water partition coefficient (Wildman–Crippen LogP) is 3.26. The number of carbonyl (C=O) groups is 1. The maximum atomic E-state index is 12.1. The zero-order valence-corrected chi connectivity index (χ0v) is 14.1. The van der Waals surface area contributed by atoms with Gasteiger partial charge in [-0.25, -0.2) is 4.79 Å². The maximum Gasteiger partial charge on any atom is 0.319 e. The van der Waals surface area contributed by atoms with Crippen molar-refractivity contribution in [2.24, 2.45) is 0 Å². The molecular formula is C17H24N2O3S. The molecule has 2 saturated heterocycles. The molecule has 2 amide bonds. The fraction of sp³-hybridized carbons (Fsp3) is 0.588. The van der Waals surface area contributed by atoms with Crippen LogP contribution in [0, 0.1) is 0 Å². The Morgan fingerprint density at radius 1 is 1.30 bits per heavy atom. The van der Waals surface area contributed by atoms with Gasteiger partial charge in [0.2, 0.25) is 0 Å². The highest BCUT2D eigenvalue weighted by atomic mass is 32.2. The molecule has 1 aromatic rings. The molecule has 0 saturated carbocycles. The zero-order chi connectivity index (χ0) is 15.9. The Labute approximate surface area is 141 Å². The molecule has 2 N–H and O–H groups in total. The second-order valence-electron chi connectivity index (χ2n) is 5.96. The number of hydrogen-bond donors (Lipinski definition) is 2. The van der Waals surface area contributed by atoms with Crippen LogP contribution >= 0.6 is 11.8 Å². The van der Waals surface area contributed by atoms with Crippen molar-refractivity contribution >= 4 is 23.5 Å². The van der Waals surface area contributed by atoms with Crippen molar-refractivity contribution in [1.29, 1.82) is 0 Å². The largest absolute Gasteiger partial charge is 0.491 e. The van der Waals surface area contributed by atoms with Gasteiger partial charge in [-0.1, -0.05) is 6.07 Å². The highest BCUT2D eigenvalue weighted by Crippen LogP contribution is 2.20. The molecule has 23 heavy (non-hydrogen) atoms. The first-order chi connectivity index (χ1) is 11.3. The van der Waals surface area contributed by atoms with E-state index in [9.17, 15) is 4.79 Å². The normalized spacial score (nSPS) is 21.8. The van der Waals surface area contributed by atoms with E-state index in [-0.39, 0.29) is 18.2 Å². The van der Waals surface area contributed by atoms with E-state index in [1.54, 1.807) is 0 Å². The summed E-state index contributed by atoms with van der Waals surface area (Å²) in [5.41, 5.74) is 0.748. The topological polar surface area (TPSA) is 59.6 Å². The Hall–Kier alpha value is -1.40. The van der Waals surface area contributed by atoms with Crippen LogP contribution in [0.4, 0.5) is 10.5 Å². The van der Waals surface area contributed by atoms with E-state index in [1.807, 2.05) is 36.0 Å². The van der Waals surface area contributed by atoms with Gasteiger partial charge in [0.25, 0.3) is 0 Å². The lowest BCUT2D eigenvalue weighted by Crippen LogP contribution is -2.39. The number of benzene rings is 1. The second-order valence-corrected chi connectivity index (χ2v) is 7.18. The number of hydrogen-bond acceptors (Lipinski definition) is 4. The predicted molar refractivity (Wildman–Crippen MR) is 93.4 cm³/mol. The van der Waals surface area contributed by atoms with Gasteiger partial charge in [0.05, 0.1) is 6.10 Å². The molecule has 5 nitrogen and oxygen atoms in total. The van der Waals surface area contributed by atoms with Crippen LogP contribution in [0.3, 0.4) is 0 Å². The molecule has 0 aliphatic carbocycles. The van der Waals surface area contributed by atoms with Gasteiger partial charge in [-0.05, 0) is 49.3 Å². The average molecular weight is 336 g/mol. The van der Waals surface area contributed by atoms with E-state index in [4.69, 9.17) is 9.47 Å². The lowest BCUT2D eigenvalue weighted by molar-refractivity contribution is 0.0680. The van der Waals surface area contributed by atoms with Crippen molar-refractivity contribution in [1.82, 2.24) is 5.32 Å². The average Bonchev–Trinajstić information content (AvgIpc) is 3.07. The number of thioether (sulfide) groups is 1. The van der Waals surface area contributed by atoms with E-state index >= 15 is 0 Å². The SMILES string of the molecule is O=C(Nc1cccc(OC[C@@H]2CCCO2)c1)NC1CCSCC1. The van der Waals surface area contributed by atoms with E-state index in [0.717, 1.165) is 55.2 Å². The summed E-state index contributed by atoms with van der Waals surface area (Å²) in [6.45, 7) is 1.39. The Morgan fingerprint density at radius 2 is 2.17 bits per heavy atom. The Morgan fingerprint density at radius 3 is 2.96 bits per heavy atom. The maximum absolute atomic E-state index is 12.1. The van der Waals surface area contributed by atoms with E-state index in [0.29, 0.717) is 6.61 Å². The third kappa shape index (κ3) is 5.32. The van der Waals surface area contributed by atoms with Crippen LogP contribution in [0.2, 0.25) is 0 Å². The molecule has 3 rings (SSSR count). The number of carbonyl (C=O) groups excluding carboxylic acids is 1. The van der Waals surface area contributed by atoms with Gasteiger partial charge in [-0.2, -0.15) is 11.8 Å². The van der Waals surface area contributed by atoms with Crippen LogP contribution in [0.15, 0.2) is 24.3 Å². The van der Waals surface area contributed by atoms with E-state index in [2.05, 4.69) is 10.6 Å². The number of amides is 2. The number of anilines is 1. The first kappa shape index (κ1) is 16.5. The van der Waals surface area contributed by atoms with Crippen LogP contribution < -0.4 is 15.4 Å². The standard InChI is InChI=1S/C17H24N2O3S/c20-17(18-13-6-9-23-10-7-13)19-14-3-1-4-15(11-14)22-12-16-5-2-8-21-16/h1,3-4,11,13,16H,2,5-10,12H2,(H2,18,19,20)/t16-/m0/s1. The van der Waals surface area contributed by atoms with Crippen molar-refractivity contribution in [3.63, 3.8) is 0 Å². The minimum Gasteiger partial charge on any atom is -0.491 e. The first-order valence-electron chi connectivity index (χ1n) is 8.29. The van der Waals surface area contributed by atoms with Crippen molar-refractivity contribution in [3.05, 3.63) is 24.3 Å². The summed E-state index contributed by atoms with van der Waals surface area (Å²) in [5, 5.41) is 5.93. The summed E-state index contributed by atoms with van der Waals surface area (Å²) in [6, 6.07) is 7.66. The molecule has 0 radical (unpaired) electrons. The number of rotatable bonds is 5. The molecule has 1 aromatic carbocycles. The van der Waals surface area contributed by atoms with Crippen molar-refractivity contribution in [3.8, 4) is 5.75 Å². The van der Waals surface area contributed by atoms with Crippen LogP contribution in [-0.2, 0) is 4.74 Å². The summed E-state index contributed by atoms with van der Waals surface area (Å²) in [7, 11) is 0. The van der Waals surface area contributed by atoms with E-state index < -0.39 is 0 Å². The molecule has 0 spiro atoms. The third-order valence-electron chi connectivity index (χ3n) is 4.11. The van der Waals surface area contributed by atoms with Crippen LogP contribution in [-0.4, -0.2) is 42.9 Å². The molecule has 2 heterocycles. The molecule has 126 valence electrons. The van der Waals surface area contributed by atoms with Gasteiger partial charge >= 0.3 is 6.03 Å². The lowest BCUT2D eigenvalue weighted by Gasteiger charge is -2.22. The van der Waals surface area contributed by atoms with Gasteiger partial charge < -0.3 is 20.1 Å². The van der Waals surface area contributed by atoms with Gasteiger partial charge in [-0.3, -0.25) is 0 Å². The van der Waals surface area contributed by atoms with Crippen LogP contribution in [0.1, 0.15) is 25.7 Å². The van der Waals surface area contributed by atoms with Gasteiger partial charge in [0, 0.05) is 24.4 Å². The van der Waals surface area contributed by atoms with E-state index in [1.165, 1.54) is 0 Å². The Balaban J connectivity index is 1.47. The highest BCUT2D eigenvalue weighted by Gasteiger charge is 2.17. The van der Waals surface area contributed by atoms with Gasteiger partial charge in [0.15, 0.2) is 0 Å². The summed E-state index contributed by atoms with van der Waals surface area (Å²) < 4.78 is 11.3. The minimum atomic E-state index is -0.141. The Kier molecular flexibility index (Phi) is 6.05. The molecule has 0 bridgehead atoms. The molecule has 0 unspecified atom stereocenters. The lowest BCUT2D eigenvalue weighted by atomic mass is 10.2. The van der Waals surface area contributed by atoms with Crippen molar-refractivity contribution < 1.29 is 14.3 Å². The number of ether oxygens (including phenoxy) is 2. The summed E-state index contributed by atoms with van der Waals surface area (Å²) in [5.74, 6) is 3.00. The molecule has 6 heteroatoms. The quantitative estimate of drug-likeness (QED) is 0.866. The molecule has 2 aliphatic heterocycles. The third-order valence-corrected chi connectivity index (χ3v) is 5.16. The van der Waals surface area contributed by atoms with Gasteiger partial charge in [0.1, 0.15) is 12.4 Å². The van der Waals surface area contributed by atoms with Gasteiger partial charge in [-0.15, -0.1) is 0 Å². The van der Waals surface area contributed by atoms with Crippen molar-refractivity contribution in [2.75, 3.05) is 30.0 Å². The Bertz CT molecular complexity index is 514. The molecule has 2 fully saturated rings. The van der Waals surface area contributed by atoms with Crippen LogP contribution in [0.5, 0.6) is 5.75 Å². The molecule has 2 aliphatic rings. The highest BCUT2D eigenvalue weighted by molar-refractivity contribution is 7.99. The monoisotopic (exact) mass is 336 g/mol. The summed E-state index contributed by atoms with van der Waals surface area (Å²) >= 11 is 1.95. The summed E-state index contributed by atoms with van der Waals surface area (Å²) in [4.78, 5) is 12.1. The molecule has 0 aromatic heterocycles. The number of urea groups is 1. The smallest absolute Gasteiger partial charge is 0.319 e. The fourth-order valence-corrected chi connectivity index (χ4v) is 3.93.